The minimum Gasteiger partial charge on any atom is -0.515 e. The SMILES string of the molecule is C\C(=C/C=C\C(=C\O)C(=O)O)[N+](=O)[O-]. The fraction of sp³-hybridized carbons (Fsp3) is 0.125. The third kappa shape index (κ3) is 4.05. The predicted octanol–water partition coefficient (Wildman–Crippen LogP) is 1.25. The molecule has 0 aromatic heterocycles. The molecule has 0 aliphatic carbocycles. The van der Waals surface area contributed by atoms with Gasteiger partial charge in [0.15, 0.2) is 0 Å². The van der Waals surface area contributed by atoms with E-state index in [1.54, 1.807) is 0 Å². The van der Waals surface area contributed by atoms with Gasteiger partial charge in [-0.2, -0.15) is 0 Å². The summed E-state index contributed by atoms with van der Waals surface area (Å²) >= 11 is 0. The predicted molar refractivity (Wildman–Crippen MR) is 48.2 cm³/mol. The van der Waals surface area contributed by atoms with Crippen molar-refractivity contribution in [1.29, 1.82) is 0 Å². The van der Waals surface area contributed by atoms with Gasteiger partial charge in [0.1, 0.15) is 0 Å². The fourth-order valence-corrected chi connectivity index (χ4v) is 0.521. The Balaban J connectivity index is 4.54. The Morgan fingerprint density at radius 3 is 2.43 bits per heavy atom. The lowest BCUT2D eigenvalue weighted by Gasteiger charge is -1.89. The van der Waals surface area contributed by atoms with Crippen molar-refractivity contribution in [3.63, 3.8) is 0 Å². The molecule has 0 spiro atoms. The number of carbonyl (C=O) groups is 1. The standard InChI is InChI=1S/C8H9NO5/c1-6(9(13)14)3-2-4-7(5-10)8(11)12/h2-5,10H,1H3,(H,11,12)/b4-2-,6-3+,7-5-. The van der Waals surface area contributed by atoms with Crippen molar-refractivity contribution < 1.29 is 19.9 Å². The van der Waals surface area contributed by atoms with Crippen LogP contribution in [0.5, 0.6) is 0 Å². The van der Waals surface area contributed by atoms with E-state index in [0.717, 1.165) is 12.2 Å². The quantitative estimate of drug-likeness (QED) is 0.233. The van der Waals surface area contributed by atoms with E-state index >= 15 is 0 Å². The molecule has 6 heteroatoms. The Morgan fingerprint density at radius 2 is 2.07 bits per heavy atom. The smallest absolute Gasteiger partial charge is 0.338 e. The van der Waals surface area contributed by atoms with Crippen LogP contribution < -0.4 is 0 Å². The van der Waals surface area contributed by atoms with Crippen LogP contribution in [0.2, 0.25) is 0 Å². The van der Waals surface area contributed by atoms with Crippen LogP contribution in [0.15, 0.2) is 35.8 Å². The summed E-state index contributed by atoms with van der Waals surface area (Å²) in [6.45, 7) is 1.27. The number of carboxylic acid groups (broad SMARTS) is 1. The van der Waals surface area contributed by atoms with Gasteiger partial charge in [-0.1, -0.05) is 6.08 Å². The van der Waals surface area contributed by atoms with Gasteiger partial charge >= 0.3 is 5.97 Å². The van der Waals surface area contributed by atoms with Crippen LogP contribution in [0, 0.1) is 10.1 Å². The van der Waals surface area contributed by atoms with Crippen LogP contribution in [-0.2, 0) is 4.79 Å². The maximum absolute atomic E-state index is 10.3. The van der Waals surface area contributed by atoms with Gasteiger partial charge < -0.3 is 10.2 Å². The zero-order valence-electron chi connectivity index (χ0n) is 7.38. The lowest BCUT2D eigenvalue weighted by atomic mass is 10.2. The van der Waals surface area contributed by atoms with Crippen molar-refractivity contribution in [2.45, 2.75) is 6.92 Å². The second-order valence-electron chi connectivity index (χ2n) is 2.31. The maximum atomic E-state index is 10.3. The van der Waals surface area contributed by atoms with Crippen molar-refractivity contribution in [3.05, 3.63) is 45.9 Å². The van der Waals surface area contributed by atoms with E-state index in [0.29, 0.717) is 6.26 Å². The molecule has 0 heterocycles. The normalized spacial score (nSPS) is 13.2. The Kier molecular flexibility index (Phi) is 4.69. The van der Waals surface area contributed by atoms with Gasteiger partial charge in [-0.05, 0) is 6.08 Å². The van der Waals surface area contributed by atoms with Gasteiger partial charge in [0.05, 0.1) is 16.8 Å². The average molecular weight is 199 g/mol. The summed E-state index contributed by atoms with van der Waals surface area (Å²) in [6, 6.07) is 0. The number of aliphatic carboxylic acids is 1. The van der Waals surface area contributed by atoms with E-state index in [2.05, 4.69) is 0 Å². The number of rotatable bonds is 4. The molecule has 0 rings (SSSR count). The minimum absolute atomic E-state index is 0.121. The van der Waals surface area contributed by atoms with Gasteiger partial charge in [0, 0.05) is 13.0 Å². The number of aliphatic hydroxyl groups excluding tert-OH is 1. The Labute approximate surface area is 79.6 Å². The molecule has 14 heavy (non-hydrogen) atoms. The second kappa shape index (κ2) is 5.52. The van der Waals surface area contributed by atoms with Crippen LogP contribution in [0.4, 0.5) is 0 Å². The molecule has 76 valence electrons. The number of allylic oxidation sites excluding steroid dienone is 3. The molecule has 0 unspecified atom stereocenters. The molecular weight excluding hydrogens is 190 g/mol. The summed E-state index contributed by atoms with van der Waals surface area (Å²) in [5.74, 6) is -1.31. The minimum atomic E-state index is -1.31. The van der Waals surface area contributed by atoms with Gasteiger partial charge in [-0.3, -0.25) is 10.1 Å². The maximum Gasteiger partial charge on any atom is 0.338 e. The largest absolute Gasteiger partial charge is 0.515 e. The first-order valence-corrected chi connectivity index (χ1v) is 3.56. The number of carboxylic acids is 1. The third-order valence-corrected chi connectivity index (χ3v) is 1.29. The Bertz CT molecular complexity index is 327. The molecule has 2 N–H and O–H groups in total. The van der Waals surface area contributed by atoms with Crippen molar-refractivity contribution in [3.8, 4) is 0 Å². The first-order chi connectivity index (χ1) is 6.49. The molecule has 0 aromatic carbocycles. The van der Waals surface area contributed by atoms with Crippen molar-refractivity contribution >= 4 is 5.97 Å². The van der Waals surface area contributed by atoms with Gasteiger partial charge in [-0.15, -0.1) is 0 Å². The highest BCUT2D eigenvalue weighted by atomic mass is 16.6. The van der Waals surface area contributed by atoms with Gasteiger partial charge in [0.2, 0.25) is 5.70 Å². The summed E-state index contributed by atoms with van der Waals surface area (Å²) < 4.78 is 0. The topological polar surface area (TPSA) is 101 Å². The summed E-state index contributed by atoms with van der Waals surface area (Å²) in [6.07, 6.45) is 3.77. The van der Waals surface area contributed by atoms with Crippen LogP contribution in [0.25, 0.3) is 0 Å². The monoisotopic (exact) mass is 199 g/mol. The second-order valence-corrected chi connectivity index (χ2v) is 2.31. The third-order valence-electron chi connectivity index (χ3n) is 1.29. The zero-order chi connectivity index (χ0) is 11.1. The molecule has 0 fully saturated rings. The number of nitrogens with zero attached hydrogens (tertiary/aromatic N) is 1. The fourth-order valence-electron chi connectivity index (χ4n) is 0.521. The molecule has 0 saturated heterocycles. The molecule has 0 aliphatic heterocycles. The van der Waals surface area contributed by atoms with Crippen LogP contribution in [0.1, 0.15) is 6.92 Å². The van der Waals surface area contributed by atoms with E-state index in [1.165, 1.54) is 13.0 Å². The van der Waals surface area contributed by atoms with E-state index in [4.69, 9.17) is 10.2 Å². The Hall–Kier alpha value is -2.11. The van der Waals surface area contributed by atoms with E-state index in [1.807, 2.05) is 0 Å². The average Bonchev–Trinajstić information content (AvgIpc) is 2.11. The lowest BCUT2D eigenvalue weighted by Crippen LogP contribution is -1.97. The highest BCUT2D eigenvalue weighted by molar-refractivity contribution is 5.89. The van der Waals surface area contributed by atoms with E-state index in [-0.39, 0.29) is 11.3 Å². The van der Waals surface area contributed by atoms with Crippen LogP contribution in [0.3, 0.4) is 0 Å². The summed E-state index contributed by atoms with van der Waals surface area (Å²) in [7, 11) is 0. The highest BCUT2D eigenvalue weighted by Gasteiger charge is 2.02. The molecule has 0 atom stereocenters. The summed E-state index contributed by atoms with van der Waals surface area (Å²) in [4.78, 5) is 19.8. The molecule has 0 bridgehead atoms. The number of hydrogen-bond acceptors (Lipinski definition) is 4. The molecular formula is C8H9NO5. The van der Waals surface area contributed by atoms with Gasteiger partial charge in [0.25, 0.3) is 0 Å². The highest BCUT2D eigenvalue weighted by Crippen LogP contribution is 1.98. The Morgan fingerprint density at radius 1 is 1.50 bits per heavy atom. The van der Waals surface area contributed by atoms with Crippen LogP contribution >= 0.6 is 0 Å². The molecule has 0 saturated carbocycles. The molecule has 6 nitrogen and oxygen atoms in total. The zero-order valence-corrected chi connectivity index (χ0v) is 7.38. The first-order valence-electron chi connectivity index (χ1n) is 3.56. The van der Waals surface area contributed by atoms with E-state index < -0.39 is 10.9 Å². The molecule has 0 radical (unpaired) electrons. The van der Waals surface area contributed by atoms with Crippen molar-refractivity contribution in [2.24, 2.45) is 0 Å². The summed E-state index contributed by atoms with van der Waals surface area (Å²) in [5, 5.41) is 26.9. The molecule has 0 aliphatic rings. The number of hydrogen-bond donors (Lipinski definition) is 2. The lowest BCUT2D eigenvalue weighted by molar-refractivity contribution is -0.424. The summed E-state index contributed by atoms with van der Waals surface area (Å²) in [5.41, 5.74) is -0.471. The first kappa shape index (κ1) is 11.9. The molecule has 0 amide bonds. The van der Waals surface area contributed by atoms with Crippen molar-refractivity contribution in [2.75, 3.05) is 0 Å². The van der Waals surface area contributed by atoms with Gasteiger partial charge in [-0.25, -0.2) is 4.79 Å². The molecule has 0 aromatic rings. The number of nitro groups is 1. The number of aliphatic hydroxyl groups is 1. The van der Waals surface area contributed by atoms with Crippen LogP contribution in [-0.4, -0.2) is 21.1 Å². The van der Waals surface area contributed by atoms with E-state index in [9.17, 15) is 14.9 Å². The van der Waals surface area contributed by atoms with Crippen molar-refractivity contribution in [1.82, 2.24) is 0 Å².